The molecule has 4 nitrogen and oxygen atoms in total. The molecule has 3 rings (SSSR count). The summed E-state index contributed by atoms with van der Waals surface area (Å²) in [4.78, 5) is 14.5. The van der Waals surface area contributed by atoms with E-state index in [2.05, 4.69) is 68.3 Å². The van der Waals surface area contributed by atoms with Crippen molar-refractivity contribution >= 4 is 23.4 Å². The number of carbonyl (C=O) groups excluding carboxylic acids is 1. The predicted octanol–water partition coefficient (Wildman–Crippen LogP) is 5.00. The monoisotopic (exact) mass is 379 g/mol. The van der Waals surface area contributed by atoms with Gasteiger partial charge in [0.2, 0.25) is 0 Å². The van der Waals surface area contributed by atoms with E-state index in [1.807, 2.05) is 6.07 Å². The number of nitrogens with zero attached hydrogens (tertiary/aromatic N) is 2. The maximum absolute atomic E-state index is 13.2. The molecule has 0 aromatic heterocycles. The highest BCUT2D eigenvalue weighted by Crippen LogP contribution is 2.40. The van der Waals surface area contributed by atoms with Crippen molar-refractivity contribution in [2.24, 2.45) is 5.10 Å². The van der Waals surface area contributed by atoms with Crippen LogP contribution in [0, 0.1) is 5.82 Å². The van der Waals surface area contributed by atoms with Gasteiger partial charge in [0.05, 0.1) is 11.8 Å². The van der Waals surface area contributed by atoms with Crippen LogP contribution in [-0.2, 0) is 0 Å². The third-order valence-electron chi connectivity index (χ3n) is 4.88. The molecule has 0 bridgehead atoms. The second kappa shape index (κ2) is 7.58. The summed E-state index contributed by atoms with van der Waals surface area (Å²) in [5, 5.41) is 4.02. The summed E-state index contributed by atoms with van der Waals surface area (Å²) in [6.07, 6.45) is 3.88. The molecule has 2 aromatic carbocycles. The second-order valence-corrected chi connectivity index (χ2v) is 7.93. The zero-order chi connectivity index (χ0) is 20.5. The summed E-state index contributed by atoms with van der Waals surface area (Å²) < 4.78 is 13.2. The lowest BCUT2D eigenvalue weighted by Crippen LogP contribution is -2.49. The minimum Gasteiger partial charge on any atom is -0.360 e. The van der Waals surface area contributed by atoms with Gasteiger partial charge in [-0.25, -0.2) is 9.82 Å². The smallest absolute Gasteiger partial charge is 0.271 e. The normalized spacial score (nSPS) is 15.5. The van der Waals surface area contributed by atoms with Crippen molar-refractivity contribution in [3.8, 4) is 0 Å². The molecule has 0 saturated carbocycles. The van der Waals surface area contributed by atoms with Crippen molar-refractivity contribution < 1.29 is 9.18 Å². The van der Waals surface area contributed by atoms with Gasteiger partial charge in [0.15, 0.2) is 0 Å². The van der Waals surface area contributed by atoms with Gasteiger partial charge < -0.3 is 4.90 Å². The third kappa shape index (κ3) is 3.98. The Kier molecular flexibility index (Phi) is 5.36. The lowest BCUT2D eigenvalue weighted by Gasteiger charge is -2.46. The Balaban J connectivity index is 1.81. The van der Waals surface area contributed by atoms with Crippen molar-refractivity contribution in [3.05, 3.63) is 71.0 Å². The molecule has 1 N–H and O–H groups in total. The lowest BCUT2D eigenvalue weighted by molar-refractivity contribution is 0.0954. The summed E-state index contributed by atoms with van der Waals surface area (Å²) in [5.74, 6) is -0.899. The van der Waals surface area contributed by atoms with E-state index < -0.39 is 11.7 Å². The maximum atomic E-state index is 13.2. The molecule has 0 saturated heterocycles. The van der Waals surface area contributed by atoms with Crippen LogP contribution in [-0.4, -0.2) is 23.7 Å². The first-order chi connectivity index (χ1) is 13.2. The molecule has 5 heteroatoms. The first-order valence-corrected chi connectivity index (χ1v) is 9.41. The van der Waals surface area contributed by atoms with Gasteiger partial charge in [0, 0.05) is 22.9 Å². The Bertz CT molecular complexity index is 960. The maximum Gasteiger partial charge on any atom is 0.271 e. The van der Waals surface area contributed by atoms with Gasteiger partial charge in [-0.1, -0.05) is 18.2 Å². The number of hydrazone groups is 1. The molecule has 0 unspecified atom stereocenters. The standard InChI is InChI=1S/C23H26FN3O/c1-15(2)27-21-10-9-17(11-20(21)16(3)13-23(27,4)5)14-25-26-22(28)18-7-6-8-19(24)12-18/h6-15H,1-5H3,(H,26,28)/b25-14+. The van der Waals surface area contributed by atoms with Gasteiger partial charge in [-0.2, -0.15) is 5.10 Å². The van der Waals surface area contributed by atoms with E-state index in [1.165, 1.54) is 29.5 Å². The highest BCUT2D eigenvalue weighted by atomic mass is 19.1. The van der Waals surface area contributed by atoms with E-state index in [9.17, 15) is 9.18 Å². The van der Waals surface area contributed by atoms with Crippen LogP contribution < -0.4 is 10.3 Å². The third-order valence-corrected chi connectivity index (χ3v) is 4.88. The van der Waals surface area contributed by atoms with Crippen molar-refractivity contribution in [1.82, 2.24) is 5.43 Å². The molecular formula is C23H26FN3O. The minimum absolute atomic E-state index is 0.0558. The molecule has 1 amide bonds. The van der Waals surface area contributed by atoms with Gasteiger partial charge in [-0.05, 0) is 76.1 Å². The van der Waals surface area contributed by atoms with Crippen LogP contribution in [0.3, 0.4) is 0 Å². The fraction of sp³-hybridized carbons (Fsp3) is 0.304. The zero-order valence-electron chi connectivity index (χ0n) is 17.0. The Hall–Kier alpha value is -2.95. The Morgan fingerprint density at radius 3 is 2.64 bits per heavy atom. The van der Waals surface area contributed by atoms with E-state index in [1.54, 1.807) is 12.3 Å². The number of hydrogen-bond acceptors (Lipinski definition) is 3. The van der Waals surface area contributed by atoms with E-state index in [0.29, 0.717) is 6.04 Å². The average Bonchev–Trinajstić information content (AvgIpc) is 2.61. The quantitative estimate of drug-likeness (QED) is 0.600. The van der Waals surface area contributed by atoms with Crippen LogP contribution in [0.4, 0.5) is 10.1 Å². The Morgan fingerprint density at radius 2 is 1.96 bits per heavy atom. The summed E-state index contributed by atoms with van der Waals surface area (Å²) >= 11 is 0. The van der Waals surface area contributed by atoms with E-state index in [4.69, 9.17) is 0 Å². The SMILES string of the molecule is CC1=CC(C)(C)N(C(C)C)c2ccc(/C=N/NC(=O)c3cccc(F)c3)cc21. The van der Waals surface area contributed by atoms with E-state index >= 15 is 0 Å². The number of carbonyl (C=O) groups is 1. The number of halogens is 1. The molecule has 2 aromatic rings. The summed E-state index contributed by atoms with van der Waals surface area (Å²) in [6.45, 7) is 10.9. The Labute approximate surface area is 165 Å². The molecule has 0 fully saturated rings. The predicted molar refractivity (Wildman–Crippen MR) is 113 cm³/mol. The van der Waals surface area contributed by atoms with Crippen LogP contribution in [0.5, 0.6) is 0 Å². The van der Waals surface area contributed by atoms with Gasteiger partial charge >= 0.3 is 0 Å². The number of benzene rings is 2. The number of allylic oxidation sites excluding steroid dienone is 1. The molecule has 1 heterocycles. The van der Waals surface area contributed by atoms with Crippen molar-refractivity contribution in [2.45, 2.75) is 46.2 Å². The number of fused-ring (bicyclic) bond motifs is 1. The van der Waals surface area contributed by atoms with Gasteiger partial charge in [0.25, 0.3) is 5.91 Å². The second-order valence-electron chi connectivity index (χ2n) is 7.93. The van der Waals surface area contributed by atoms with Crippen LogP contribution in [0.1, 0.15) is 56.1 Å². The topological polar surface area (TPSA) is 44.7 Å². The highest BCUT2D eigenvalue weighted by Gasteiger charge is 2.32. The van der Waals surface area contributed by atoms with Crippen LogP contribution in [0.15, 0.2) is 53.6 Å². The number of rotatable bonds is 4. The van der Waals surface area contributed by atoms with Gasteiger partial charge in [-0.3, -0.25) is 4.79 Å². The fourth-order valence-electron chi connectivity index (χ4n) is 3.95. The Morgan fingerprint density at radius 1 is 1.21 bits per heavy atom. The van der Waals surface area contributed by atoms with E-state index in [0.717, 1.165) is 11.1 Å². The summed E-state index contributed by atoms with van der Waals surface area (Å²) in [7, 11) is 0. The molecule has 0 radical (unpaired) electrons. The first kappa shape index (κ1) is 19.8. The van der Waals surface area contributed by atoms with Gasteiger partial charge in [0.1, 0.15) is 5.82 Å². The molecule has 0 aliphatic carbocycles. The molecule has 1 aliphatic heterocycles. The van der Waals surface area contributed by atoms with Crippen molar-refractivity contribution in [1.29, 1.82) is 0 Å². The molecular weight excluding hydrogens is 353 g/mol. The molecule has 0 atom stereocenters. The van der Waals surface area contributed by atoms with Crippen LogP contribution in [0.2, 0.25) is 0 Å². The molecule has 28 heavy (non-hydrogen) atoms. The first-order valence-electron chi connectivity index (χ1n) is 9.41. The van der Waals surface area contributed by atoms with E-state index in [-0.39, 0.29) is 11.1 Å². The average molecular weight is 379 g/mol. The highest BCUT2D eigenvalue weighted by molar-refractivity contribution is 5.95. The van der Waals surface area contributed by atoms with Crippen LogP contribution in [0.25, 0.3) is 5.57 Å². The fourth-order valence-corrected chi connectivity index (χ4v) is 3.95. The molecule has 0 spiro atoms. The number of hydrogen-bond donors (Lipinski definition) is 1. The number of nitrogens with one attached hydrogen (secondary N) is 1. The molecule has 146 valence electrons. The summed E-state index contributed by atoms with van der Waals surface area (Å²) in [6, 6.07) is 12.0. The van der Waals surface area contributed by atoms with Crippen molar-refractivity contribution in [2.75, 3.05) is 4.90 Å². The summed E-state index contributed by atoms with van der Waals surface area (Å²) in [5.41, 5.74) is 7.08. The lowest BCUT2D eigenvalue weighted by atomic mass is 9.87. The molecule has 1 aliphatic rings. The zero-order valence-corrected chi connectivity index (χ0v) is 17.0. The van der Waals surface area contributed by atoms with Gasteiger partial charge in [-0.15, -0.1) is 0 Å². The number of anilines is 1. The van der Waals surface area contributed by atoms with Crippen molar-refractivity contribution in [3.63, 3.8) is 0 Å². The van der Waals surface area contributed by atoms with Crippen LogP contribution >= 0.6 is 0 Å². The number of amides is 1. The minimum atomic E-state index is -0.453. The largest absolute Gasteiger partial charge is 0.360 e.